The molecule has 1 aromatic carbocycles. The number of rotatable bonds is 10. The van der Waals surface area contributed by atoms with Crippen molar-refractivity contribution in [3.63, 3.8) is 0 Å². The van der Waals surface area contributed by atoms with Gasteiger partial charge in [-0.1, -0.05) is 58.4 Å². The van der Waals surface area contributed by atoms with Crippen LogP contribution in [0.4, 0.5) is 0 Å². The van der Waals surface area contributed by atoms with Crippen LogP contribution in [0, 0.1) is 5.92 Å². The fourth-order valence-corrected chi connectivity index (χ4v) is 2.24. The lowest BCUT2D eigenvalue weighted by molar-refractivity contribution is 0.0218. The Kier molecular flexibility index (Phi) is 8.63. The van der Waals surface area contributed by atoms with E-state index in [1.54, 1.807) is 0 Å². The minimum absolute atomic E-state index is 0.293. The summed E-state index contributed by atoms with van der Waals surface area (Å²) in [5.41, 5.74) is 2.76. The molecule has 0 saturated carbocycles. The minimum Gasteiger partial charge on any atom is -0.376 e. The molecule has 120 valence electrons. The van der Waals surface area contributed by atoms with Crippen molar-refractivity contribution >= 4 is 0 Å². The average Bonchev–Trinajstić information content (AvgIpc) is 2.48. The predicted molar refractivity (Wildman–Crippen MR) is 91.7 cm³/mol. The number of benzene rings is 1. The molecule has 2 unspecified atom stereocenters. The Morgan fingerprint density at radius 3 is 2.19 bits per heavy atom. The van der Waals surface area contributed by atoms with Crippen LogP contribution in [0.1, 0.15) is 64.6 Å². The Labute approximate surface area is 131 Å². The van der Waals surface area contributed by atoms with Gasteiger partial charge < -0.3 is 10.1 Å². The Balaban J connectivity index is 2.67. The molecule has 0 aliphatic heterocycles. The fourth-order valence-electron chi connectivity index (χ4n) is 2.24. The molecule has 0 fully saturated rings. The summed E-state index contributed by atoms with van der Waals surface area (Å²) in [6.45, 7) is 12.8. The zero-order valence-electron chi connectivity index (χ0n) is 14.5. The van der Waals surface area contributed by atoms with E-state index in [9.17, 15) is 0 Å². The first-order valence-electron chi connectivity index (χ1n) is 8.52. The smallest absolute Gasteiger partial charge is 0.0665 e. The fraction of sp³-hybridized carbons (Fsp3) is 0.684. The van der Waals surface area contributed by atoms with E-state index in [1.165, 1.54) is 17.5 Å². The molecule has 0 radical (unpaired) electrons. The molecule has 0 aromatic heterocycles. The van der Waals surface area contributed by atoms with Crippen molar-refractivity contribution in [3.05, 3.63) is 35.4 Å². The molecule has 0 aliphatic rings. The molecule has 0 spiro atoms. The van der Waals surface area contributed by atoms with E-state index >= 15 is 0 Å². The predicted octanol–water partition coefficient (Wildman–Crippen LogP) is 4.74. The van der Waals surface area contributed by atoms with E-state index in [2.05, 4.69) is 64.2 Å². The summed E-state index contributed by atoms with van der Waals surface area (Å²) in [5.74, 6) is 0.559. The van der Waals surface area contributed by atoms with Crippen molar-refractivity contribution in [2.75, 3.05) is 13.2 Å². The first kappa shape index (κ1) is 18.2. The largest absolute Gasteiger partial charge is 0.376 e. The molecule has 0 aliphatic carbocycles. The summed E-state index contributed by atoms with van der Waals surface area (Å²) in [6, 6.07) is 9.31. The van der Waals surface area contributed by atoms with Crippen LogP contribution in [0.3, 0.4) is 0 Å². The van der Waals surface area contributed by atoms with E-state index in [4.69, 9.17) is 4.74 Å². The van der Waals surface area contributed by atoms with Gasteiger partial charge in [0.15, 0.2) is 0 Å². The second-order valence-electron chi connectivity index (χ2n) is 6.28. The third kappa shape index (κ3) is 6.62. The molecule has 1 rings (SSSR count). The van der Waals surface area contributed by atoms with Crippen LogP contribution >= 0.6 is 0 Å². The van der Waals surface area contributed by atoms with E-state index in [0.717, 1.165) is 26.0 Å². The second kappa shape index (κ2) is 9.97. The van der Waals surface area contributed by atoms with Gasteiger partial charge in [0.2, 0.25) is 0 Å². The van der Waals surface area contributed by atoms with Crippen molar-refractivity contribution in [2.45, 2.75) is 66.0 Å². The number of nitrogens with one attached hydrogen (secondary N) is 1. The van der Waals surface area contributed by atoms with Crippen molar-refractivity contribution in [1.29, 1.82) is 0 Å². The van der Waals surface area contributed by atoms with Crippen LogP contribution in [-0.2, 0) is 11.2 Å². The van der Waals surface area contributed by atoms with Crippen molar-refractivity contribution in [2.24, 2.45) is 5.92 Å². The normalized spacial score (nSPS) is 14.4. The van der Waals surface area contributed by atoms with Gasteiger partial charge >= 0.3 is 0 Å². The summed E-state index contributed by atoms with van der Waals surface area (Å²) in [7, 11) is 0. The molecule has 0 bridgehead atoms. The van der Waals surface area contributed by atoms with Crippen LogP contribution in [0.2, 0.25) is 0 Å². The monoisotopic (exact) mass is 291 g/mol. The van der Waals surface area contributed by atoms with E-state index < -0.39 is 0 Å². The Hall–Kier alpha value is -0.860. The van der Waals surface area contributed by atoms with Crippen molar-refractivity contribution in [1.82, 2.24) is 5.32 Å². The highest BCUT2D eigenvalue weighted by atomic mass is 16.5. The highest BCUT2D eigenvalue weighted by Crippen LogP contribution is 2.17. The van der Waals surface area contributed by atoms with Gasteiger partial charge in [0.1, 0.15) is 0 Å². The summed E-state index contributed by atoms with van der Waals surface area (Å²) in [6.07, 6.45) is 3.81. The summed E-state index contributed by atoms with van der Waals surface area (Å²) < 4.78 is 6.03. The molecular weight excluding hydrogens is 258 g/mol. The highest BCUT2D eigenvalue weighted by molar-refractivity contribution is 5.25. The Morgan fingerprint density at radius 2 is 1.67 bits per heavy atom. The Morgan fingerprint density at radius 1 is 1.00 bits per heavy atom. The average molecular weight is 291 g/mol. The van der Waals surface area contributed by atoms with E-state index in [0.29, 0.717) is 18.1 Å². The Bertz CT molecular complexity index is 372. The summed E-state index contributed by atoms with van der Waals surface area (Å²) >= 11 is 0. The van der Waals surface area contributed by atoms with Crippen LogP contribution in [0.5, 0.6) is 0 Å². The van der Waals surface area contributed by atoms with Gasteiger partial charge in [-0.05, 0) is 43.4 Å². The SMILES string of the molecule is CCCNC(COC(C)C(C)C)c1ccc(CCC)cc1. The lowest BCUT2D eigenvalue weighted by Crippen LogP contribution is -2.29. The van der Waals surface area contributed by atoms with Crippen LogP contribution < -0.4 is 5.32 Å². The zero-order chi connectivity index (χ0) is 15.7. The molecule has 2 nitrogen and oxygen atoms in total. The molecule has 1 N–H and O–H groups in total. The summed E-state index contributed by atoms with van der Waals surface area (Å²) in [5, 5.41) is 3.61. The molecule has 0 amide bonds. The van der Waals surface area contributed by atoms with Crippen molar-refractivity contribution < 1.29 is 4.74 Å². The lowest BCUT2D eigenvalue weighted by atomic mass is 10.0. The van der Waals surface area contributed by atoms with Gasteiger partial charge in [0, 0.05) is 0 Å². The minimum atomic E-state index is 0.293. The first-order valence-corrected chi connectivity index (χ1v) is 8.52. The third-order valence-corrected chi connectivity index (χ3v) is 4.03. The van der Waals surface area contributed by atoms with E-state index in [-0.39, 0.29) is 0 Å². The number of hydrogen-bond donors (Lipinski definition) is 1. The zero-order valence-corrected chi connectivity index (χ0v) is 14.5. The standard InChI is InChI=1S/C19H33NO/c1-6-8-17-9-11-18(12-10-17)19(20-13-7-2)14-21-16(5)15(3)4/h9-12,15-16,19-20H,6-8,13-14H2,1-5H3. The van der Waals surface area contributed by atoms with Gasteiger partial charge in [0.05, 0.1) is 18.8 Å². The van der Waals surface area contributed by atoms with Crippen LogP contribution in [0.25, 0.3) is 0 Å². The van der Waals surface area contributed by atoms with Gasteiger partial charge in [-0.15, -0.1) is 0 Å². The maximum absolute atomic E-state index is 6.03. The van der Waals surface area contributed by atoms with Gasteiger partial charge in [0.25, 0.3) is 0 Å². The molecule has 2 atom stereocenters. The number of ether oxygens (including phenoxy) is 1. The molecule has 2 heteroatoms. The molecule has 0 heterocycles. The van der Waals surface area contributed by atoms with E-state index in [1.807, 2.05) is 0 Å². The third-order valence-electron chi connectivity index (χ3n) is 4.03. The van der Waals surface area contributed by atoms with Crippen molar-refractivity contribution in [3.8, 4) is 0 Å². The topological polar surface area (TPSA) is 21.3 Å². The summed E-state index contributed by atoms with van der Waals surface area (Å²) in [4.78, 5) is 0. The maximum Gasteiger partial charge on any atom is 0.0665 e. The first-order chi connectivity index (χ1) is 10.1. The molecule has 21 heavy (non-hydrogen) atoms. The quantitative estimate of drug-likeness (QED) is 0.672. The number of aryl methyl sites for hydroxylation is 1. The van der Waals surface area contributed by atoms with Gasteiger partial charge in [-0.2, -0.15) is 0 Å². The molecular formula is C19H33NO. The molecule has 1 aromatic rings. The number of hydrogen-bond acceptors (Lipinski definition) is 2. The maximum atomic E-state index is 6.03. The highest BCUT2D eigenvalue weighted by Gasteiger charge is 2.14. The molecule has 0 saturated heterocycles. The van der Waals surface area contributed by atoms with Gasteiger partial charge in [-0.25, -0.2) is 0 Å². The lowest BCUT2D eigenvalue weighted by Gasteiger charge is -2.23. The van der Waals surface area contributed by atoms with Crippen LogP contribution in [-0.4, -0.2) is 19.3 Å². The van der Waals surface area contributed by atoms with Gasteiger partial charge in [-0.3, -0.25) is 0 Å². The van der Waals surface area contributed by atoms with Crippen LogP contribution in [0.15, 0.2) is 24.3 Å². The second-order valence-corrected chi connectivity index (χ2v) is 6.28.